The third-order valence-corrected chi connectivity index (χ3v) is 8.45. The van der Waals surface area contributed by atoms with Crippen molar-refractivity contribution in [1.82, 2.24) is 0 Å². The molecule has 0 atom stereocenters. The molecule has 0 nitrogen and oxygen atoms in total. The molecule has 0 fully saturated rings. The van der Waals surface area contributed by atoms with Gasteiger partial charge >= 0.3 is 0 Å². The second-order valence-electron chi connectivity index (χ2n) is 17.0. The molecule has 0 heteroatoms. The Morgan fingerprint density at radius 1 is 0.0584 bits per heavy atom. The first-order valence-electron chi connectivity index (χ1n) is 34.3. The summed E-state index contributed by atoms with van der Waals surface area (Å²) < 4.78 is 0. The molecule has 0 aliphatic heterocycles. The van der Waals surface area contributed by atoms with Crippen LogP contribution in [-0.4, -0.2) is 0 Å². The molecule has 0 amide bonds. The van der Waals surface area contributed by atoms with E-state index in [4.69, 9.17) is 6.42 Å². The highest BCUT2D eigenvalue weighted by Gasteiger charge is 1.71. The summed E-state index contributed by atoms with van der Waals surface area (Å²) in [5, 5.41) is 0. The maximum atomic E-state index is 4.96. The summed E-state index contributed by atoms with van der Waals surface area (Å²) in [6.07, 6.45) is 4.96. The Morgan fingerprint density at radius 2 is 0.0949 bits per heavy atom. The van der Waals surface area contributed by atoms with Gasteiger partial charge in [0.1, 0.15) is 0 Å². The number of terminal acetylenes is 1. The third kappa shape index (κ3) is 106. The van der Waals surface area contributed by atoms with Gasteiger partial charge in [-0.15, -0.1) is 6.42 Å². The van der Waals surface area contributed by atoms with Crippen LogP contribution in [0.4, 0.5) is 0 Å². The van der Waals surface area contributed by atoms with E-state index in [-0.39, 0.29) is 0 Å². The third-order valence-electron chi connectivity index (χ3n) is 8.45. The molecule has 0 bridgehead atoms. The lowest BCUT2D eigenvalue weighted by atomic mass is 10.4. The molecular formula is C137H4. The molecule has 0 spiro atoms. The molecule has 0 heterocycles. The molecule has 0 radical (unpaired) electrons. The molecule has 552 valence electrons. The normalized spacial score (nSPS) is 3.97. The Bertz CT molecular complexity index is 9480. The van der Waals surface area contributed by atoms with Crippen LogP contribution in [0.3, 0.4) is 0 Å². The van der Waals surface area contributed by atoms with E-state index in [9.17, 15) is 0 Å². The summed E-state index contributed by atoms with van der Waals surface area (Å²) in [6, 6.07) is 0. The standard InChI is InChI=1S/C137H4/c1-3-5-7-9-11-13-15-17-19-21-23-25-27-29-31-33-35-37-39-41-43-45-47-49-51-53-55-57-59-61-63-65-67-69-71-73-75-77-79-81-83-85-87-89-91-93-95-97-99-101-103-105-107-109-111-113-115-117-119-121-123-125-127-129-131-133-135-137-136-134-132-130-128-126-124-122-120-118-116-114-112-110-108-106-104-102-100-98-96-94-92-90-88-86-84-82-80-78-76-74-72-70-68-66-64-62-60-58-56-54-52-50-48-46-44-42-40-38-36-34-32-30-28-26-24-22-20-18-16-14-12-10-8-6-4-2/h1H,2H3. The average molecular weight is 1650 g/mol. The highest BCUT2D eigenvalue weighted by molar-refractivity contribution is 5.59. The average Bonchev–Trinajstić information content (AvgIpc) is 1.11. The Hall–Kier alpha value is -29.9. The number of hydrogen-bond donors (Lipinski definition) is 0. The molecule has 0 rings (SSSR count). The van der Waals surface area contributed by atoms with Gasteiger partial charge in [-0.2, -0.15) is 0 Å². The lowest BCUT2D eigenvalue weighted by molar-refractivity contribution is 1.92. The van der Waals surface area contributed by atoms with E-state index in [2.05, 4.69) is 799 Å². The van der Waals surface area contributed by atoms with E-state index in [1.165, 1.54) is 0 Å². The van der Waals surface area contributed by atoms with Crippen LogP contribution in [0.25, 0.3) is 0 Å². The summed E-state index contributed by atoms with van der Waals surface area (Å²) in [5.74, 6) is 337. The van der Waals surface area contributed by atoms with Gasteiger partial charge in [-0.25, -0.2) is 0 Å². The predicted octanol–water partition coefficient (Wildman–Crippen LogP) is 0.867. The summed E-state index contributed by atoms with van der Waals surface area (Å²) >= 11 is 0. The second-order valence-corrected chi connectivity index (χ2v) is 17.0. The number of rotatable bonds is 0. The van der Waals surface area contributed by atoms with Crippen molar-refractivity contribution in [3.63, 3.8) is 0 Å². The maximum absolute atomic E-state index is 4.96. The van der Waals surface area contributed by atoms with E-state index >= 15 is 0 Å². The molecule has 0 aromatic heterocycles. The first kappa shape index (κ1) is 107. The van der Waals surface area contributed by atoms with Gasteiger partial charge in [-0.3, -0.25) is 0 Å². The van der Waals surface area contributed by atoms with E-state index in [1.807, 2.05) is 0 Å². The molecular weight excluding hydrogens is 1650 g/mol. The topological polar surface area (TPSA) is 0 Å². The molecule has 0 N–H and O–H groups in total. The number of hydrogen-bond acceptors (Lipinski definition) is 0. The van der Waals surface area contributed by atoms with Gasteiger partial charge < -0.3 is 0 Å². The van der Waals surface area contributed by atoms with Crippen molar-refractivity contribution < 1.29 is 0 Å². The summed E-state index contributed by atoms with van der Waals surface area (Å²) in [7, 11) is 0. The van der Waals surface area contributed by atoms with Crippen molar-refractivity contribution in [2.24, 2.45) is 0 Å². The highest BCUT2D eigenvalue weighted by Crippen LogP contribution is 1.71. The minimum absolute atomic E-state index is 1.68. The summed E-state index contributed by atoms with van der Waals surface area (Å²) in [4.78, 5) is 0. The van der Waals surface area contributed by atoms with Gasteiger partial charge in [0.05, 0.1) is 0 Å². The molecule has 0 aliphatic rings. The van der Waals surface area contributed by atoms with Gasteiger partial charge in [0.2, 0.25) is 0 Å². The second kappa shape index (κ2) is 106. The summed E-state index contributed by atoms with van der Waals surface area (Å²) in [5.41, 5.74) is 0. The highest BCUT2D eigenvalue weighted by atomic mass is 13.7. The smallest absolute Gasteiger partial charge is 0 e. The minimum Gasteiger partial charge on any atom is -0.106 e. The fourth-order valence-corrected chi connectivity index (χ4v) is 4.19. The van der Waals surface area contributed by atoms with Gasteiger partial charge in [-0.1, -0.05) is 5.92 Å². The zero-order chi connectivity index (χ0) is 97.5. The lowest BCUT2D eigenvalue weighted by Crippen LogP contribution is -1.57. The lowest BCUT2D eigenvalue weighted by Gasteiger charge is -1.58. The molecule has 0 aromatic rings. The van der Waals surface area contributed by atoms with Crippen LogP contribution in [0.15, 0.2) is 0 Å². The Labute approximate surface area is 806 Å². The first-order valence-corrected chi connectivity index (χ1v) is 34.3. The van der Waals surface area contributed by atoms with Crippen LogP contribution < -0.4 is 0 Å². The van der Waals surface area contributed by atoms with Gasteiger partial charge in [0.15, 0.2) is 0 Å². The van der Waals surface area contributed by atoms with E-state index < -0.39 is 0 Å². The van der Waals surface area contributed by atoms with Crippen LogP contribution in [0.2, 0.25) is 0 Å². The van der Waals surface area contributed by atoms with Crippen molar-refractivity contribution in [2.75, 3.05) is 0 Å². The van der Waals surface area contributed by atoms with Crippen LogP contribution >= 0.6 is 0 Å². The Morgan fingerprint density at radius 3 is 0.131 bits per heavy atom. The Balaban J connectivity index is 4.66. The van der Waals surface area contributed by atoms with Gasteiger partial charge in [0.25, 0.3) is 0 Å². The largest absolute Gasteiger partial charge is 0.106 e. The quantitative estimate of drug-likeness (QED) is 0.317. The minimum atomic E-state index is 1.68. The fraction of sp³-hybridized carbons (Fsp3) is 0.00730. The van der Waals surface area contributed by atoms with Crippen molar-refractivity contribution in [2.45, 2.75) is 6.92 Å². The van der Waals surface area contributed by atoms with Crippen LogP contribution in [0.1, 0.15) is 6.92 Å². The van der Waals surface area contributed by atoms with Gasteiger partial charge in [0, 0.05) is 699 Å². The molecule has 0 aliphatic carbocycles. The van der Waals surface area contributed by atoms with Gasteiger partial charge in [-0.05, 0) is 102 Å². The Kier molecular flexibility index (Phi) is 82.9. The fourth-order valence-electron chi connectivity index (χ4n) is 4.19. The van der Waals surface area contributed by atoms with Crippen LogP contribution in [-0.2, 0) is 0 Å². The zero-order valence-corrected chi connectivity index (χ0v) is 69.1. The first-order chi connectivity index (χ1) is 68.4. The van der Waals surface area contributed by atoms with E-state index in [0.717, 1.165) is 0 Å². The van der Waals surface area contributed by atoms with Crippen molar-refractivity contribution in [1.29, 1.82) is 0 Å². The summed E-state index contributed by atoms with van der Waals surface area (Å²) in [6.45, 7) is 1.68. The van der Waals surface area contributed by atoms with Crippen molar-refractivity contribution >= 4 is 0 Å². The van der Waals surface area contributed by atoms with Crippen LogP contribution in [0, 0.1) is 806 Å². The SMILES string of the molecule is C#CC#CC#CC#CC#CC#CC#CC#CC#CC#CC#CC#CC#CC#CC#CC#CC#CC#CC#CC#CC#CC#CC#CC#CC#CC#CC#CC#CC#CC#CC#CC#CC#CC#CC#CC#CC#CC#CC#CC#CC#CC#CC#CC#CC#CC#CC#CC#CC#CC#CC#CC#CC#CC#CC#CC#CC#CC#CC#CC#CC#CC#CC#CC#CC#CC#CC#CC#CC. The molecule has 137 heavy (non-hydrogen) atoms. The predicted molar refractivity (Wildman–Crippen MR) is 535 cm³/mol. The molecule has 0 unspecified atom stereocenters. The molecule has 0 saturated heterocycles. The van der Waals surface area contributed by atoms with E-state index in [1.54, 1.807) is 6.92 Å². The molecule has 0 saturated carbocycles. The maximum Gasteiger partial charge on any atom is 0 e. The van der Waals surface area contributed by atoms with Crippen molar-refractivity contribution in [3.8, 4) is 806 Å². The van der Waals surface area contributed by atoms with Crippen molar-refractivity contribution in [3.05, 3.63) is 0 Å². The monoisotopic (exact) mass is 1650 g/mol. The zero-order valence-electron chi connectivity index (χ0n) is 69.1. The molecule has 0 aromatic carbocycles. The van der Waals surface area contributed by atoms with Crippen LogP contribution in [0.5, 0.6) is 0 Å². The van der Waals surface area contributed by atoms with E-state index in [0.29, 0.717) is 0 Å².